The van der Waals surface area contributed by atoms with Gasteiger partial charge in [-0.25, -0.2) is 9.59 Å². The lowest BCUT2D eigenvalue weighted by molar-refractivity contribution is 0.0258. The third-order valence-corrected chi connectivity index (χ3v) is 4.03. The Bertz CT molecular complexity index is 711. The van der Waals surface area contributed by atoms with Crippen LogP contribution < -0.4 is 10.6 Å². The lowest BCUT2D eigenvalue weighted by Gasteiger charge is -2.31. The largest absolute Gasteiger partial charge is 0.444 e. The molecule has 0 fully saturated rings. The lowest BCUT2D eigenvalue weighted by atomic mass is 10.1. The zero-order valence-electron chi connectivity index (χ0n) is 18.5. The molecule has 29 heavy (non-hydrogen) atoms. The molecule has 0 aliphatic carbocycles. The number of benzene rings is 1. The van der Waals surface area contributed by atoms with Crippen LogP contribution in [0.5, 0.6) is 0 Å². The highest BCUT2D eigenvalue weighted by Gasteiger charge is 2.27. The minimum atomic E-state index is -0.674. The molecule has 1 aromatic rings. The molecule has 1 rings (SSSR count). The summed E-state index contributed by atoms with van der Waals surface area (Å²) in [7, 11) is 0. The fourth-order valence-electron chi connectivity index (χ4n) is 2.51. The molecule has 7 nitrogen and oxygen atoms in total. The quantitative estimate of drug-likeness (QED) is 0.704. The zero-order valence-corrected chi connectivity index (χ0v) is 19.3. The van der Waals surface area contributed by atoms with E-state index in [4.69, 9.17) is 26.8 Å². The molecule has 2 N–H and O–H groups in total. The van der Waals surface area contributed by atoms with Crippen LogP contribution in [-0.4, -0.2) is 47.9 Å². The molecule has 0 aliphatic rings. The zero-order chi connectivity index (χ0) is 22.4. The Balaban J connectivity index is 3.14. The summed E-state index contributed by atoms with van der Waals surface area (Å²) in [6.07, 6.45) is -0.969. The Hall–Kier alpha value is -1.99. The van der Waals surface area contributed by atoms with Gasteiger partial charge in [-0.05, 0) is 66.2 Å². The third-order valence-electron chi connectivity index (χ3n) is 3.80. The number of nitrogens with two attached hydrogens (primary N) is 1. The molecule has 0 bridgehead atoms. The molecule has 0 heterocycles. The van der Waals surface area contributed by atoms with Crippen LogP contribution in [0.1, 0.15) is 54.0 Å². The van der Waals surface area contributed by atoms with E-state index in [1.807, 2.05) is 27.7 Å². The SMILES string of the molecule is CCN(CCN(C(=O)OC(C)(C)C)c1cc(Cl)ccc1CN)C(=O)OC(C)(C)C. The number of carbonyl (C=O) groups is 2. The van der Waals surface area contributed by atoms with Crippen molar-refractivity contribution in [1.82, 2.24) is 4.90 Å². The fourth-order valence-corrected chi connectivity index (χ4v) is 2.68. The predicted octanol–water partition coefficient (Wildman–Crippen LogP) is 4.80. The standard InChI is InChI=1S/C21H34ClN3O4/c1-8-24(18(26)28-20(2,3)4)11-12-25(19(27)29-21(5,6)7)17-13-16(22)10-9-15(17)14-23/h9-10,13H,8,11-12,14,23H2,1-7H3. The highest BCUT2D eigenvalue weighted by Crippen LogP contribution is 2.26. The van der Waals surface area contributed by atoms with Crippen molar-refractivity contribution in [3.05, 3.63) is 28.8 Å². The second kappa shape index (κ2) is 10.2. The van der Waals surface area contributed by atoms with E-state index >= 15 is 0 Å². The number of carbonyl (C=O) groups excluding carboxylic acids is 2. The topological polar surface area (TPSA) is 85.1 Å². The molecule has 0 aromatic heterocycles. The number of rotatable bonds is 6. The van der Waals surface area contributed by atoms with Crippen LogP contribution in [0.3, 0.4) is 0 Å². The smallest absolute Gasteiger partial charge is 0.414 e. The van der Waals surface area contributed by atoms with Crippen molar-refractivity contribution in [2.75, 3.05) is 24.5 Å². The van der Waals surface area contributed by atoms with Crippen molar-refractivity contribution < 1.29 is 19.1 Å². The maximum absolute atomic E-state index is 12.9. The van der Waals surface area contributed by atoms with Crippen LogP contribution >= 0.6 is 11.6 Å². The second-order valence-electron chi connectivity index (χ2n) is 8.67. The van der Waals surface area contributed by atoms with Crippen molar-refractivity contribution in [2.24, 2.45) is 5.73 Å². The average molecular weight is 428 g/mol. The van der Waals surface area contributed by atoms with Gasteiger partial charge in [-0.3, -0.25) is 4.90 Å². The maximum atomic E-state index is 12.9. The molecule has 8 heteroatoms. The van der Waals surface area contributed by atoms with E-state index in [0.29, 0.717) is 17.3 Å². The normalized spacial score (nSPS) is 11.8. The molecule has 0 spiro atoms. The van der Waals surface area contributed by atoms with Gasteiger partial charge in [0.25, 0.3) is 0 Å². The molecule has 164 valence electrons. The van der Waals surface area contributed by atoms with Crippen LogP contribution in [0.15, 0.2) is 18.2 Å². The van der Waals surface area contributed by atoms with Crippen molar-refractivity contribution >= 4 is 29.5 Å². The summed E-state index contributed by atoms with van der Waals surface area (Å²) in [4.78, 5) is 28.4. The molecule has 0 saturated heterocycles. The van der Waals surface area contributed by atoms with E-state index in [0.717, 1.165) is 5.56 Å². The van der Waals surface area contributed by atoms with Crippen LogP contribution in [0, 0.1) is 0 Å². The van der Waals surface area contributed by atoms with E-state index < -0.39 is 23.4 Å². The van der Waals surface area contributed by atoms with Crippen LogP contribution in [0.25, 0.3) is 0 Å². The molecule has 0 aliphatic heterocycles. The van der Waals surface area contributed by atoms with Crippen molar-refractivity contribution in [3.63, 3.8) is 0 Å². The van der Waals surface area contributed by atoms with Gasteiger partial charge in [0.05, 0.1) is 5.69 Å². The minimum absolute atomic E-state index is 0.204. The molecular weight excluding hydrogens is 394 g/mol. The fraction of sp³-hybridized carbons (Fsp3) is 0.619. The van der Waals surface area contributed by atoms with Crippen LogP contribution in [0.2, 0.25) is 5.02 Å². The number of nitrogens with zero attached hydrogens (tertiary/aromatic N) is 2. The van der Waals surface area contributed by atoms with Crippen LogP contribution in [-0.2, 0) is 16.0 Å². The van der Waals surface area contributed by atoms with Gasteiger partial charge in [-0.1, -0.05) is 17.7 Å². The molecule has 0 saturated carbocycles. The highest BCUT2D eigenvalue weighted by atomic mass is 35.5. The van der Waals surface area contributed by atoms with Gasteiger partial charge < -0.3 is 20.1 Å². The van der Waals surface area contributed by atoms with E-state index in [9.17, 15) is 9.59 Å². The summed E-state index contributed by atoms with van der Waals surface area (Å²) in [6, 6.07) is 5.18. The summed E-state index contributed by atoms with van der Waals surface area (Å²) in [5.74, 6) is 0. The van der Waals surface area contributed by atoms with Crippen LogP contribution in [0.4, 0.5) is 15.3 Å². The van der Waals surface area contributed by atoms with Gasteiger partial charge in [0.1, 0.15) is 11.2 Å². The van der Waals surface area contributed by atoms with Gasteiger partial charge in [0, 0.05) is 31.2 Å². The summed E-state index contributed by atoms with van der Waals surface area (Å²) in [6.45, 7) is 13.8. The highest BCUT2D eigenvalue weighted by molar-refractivity contribution is 6.31. The van der Waals surface area contributed by atoms with E-state index in [2.05, 4.69) is 0 Å². The molecule has 2 amide bonds. The summed E-state index contributed by atoms with van der Waals surface area (Å²) in [5, 5.41) is 0.477. The first kappa shape index (κ1) is 25.0. The number of likely N-dealkylation sites (N-methyl/N-ethyl adjacent to an activating group) is 1. The van der Waals surface area contributed by atoms with Crippen molar-refractivity contribution in [2.45, 2.75) is 66.2 Å². The molecule has 1 aromatic carbocycles. The molecule has 0 atom stereocenters. The Morgan fingerprint density at radius 1 is 1.00 bits per heavy atom. The molecule has 0 radical (unpaired) electrons. The first-order chi connectivity index (χ1) is 13.3. The third kappa shape index (κ3) is 8.50. The number of hydrogen-bond acceptors (Lipinski definition) is 5. The van der Waals surface area contributed by atoms with E-state index in [1.165, 1.54) is 9.80 Å². The molecular formula is C21H34ClN3O4. The number of hydrogen-bond donors (Lipinski definition) is 1. The number of anilines is 1. The van der Waals surface area contributed by atoms with Gasteiger partial charge >= 0.3 is 12.2 Å². The summed E-state index contributed by atoms with van der Waals surface area (Å²) < 4.78 is 11.0. The van der Waals surface area contributed by atoms with Gasteiger partial charge in [0.15, 0.2) is 0 Å². The predicted molar refractivity (Wildman–Crippen MR) is 116 cm³/mol. The Kier molecular flexibility index (Phi) is 8.78. The first-order valence-electron chi connectivity index (χ1n) is 9.74. The Morgan fingerprint density at radius 3 is 2.03 bits per heavy atom. The average Bonchev–Trinajstić information content (AvgIpc) is 2.55. The van der Waals surface area contributed by atoms with E-state index in [-0.39, 0.29) is 19.6 Å². The van der Waals surface area contributed by atoms with Gasteiger partial charge in [-0.15, -0.1) is 0 Å². The second-order valence-corrected chi connectivity index (χ2v) is 9.11. The van der Waals surface area contributed by atoms with Gasteiger partial charge in [-0.2, -0.15) is 0 Å². The lowest BCUT2D eigenvalue weighted by Crippen LogP contribution is -2.45. The first-order valence-corrected chi connectivity index (χ1v) is 10.1. The van der Waals surface area contributed by atoms with Crippen molar-refractivity contribution in [1.29, 1.82) is 0 Å². The number of halogens is 1. The van der Waals surface area contributed by atoms with Gasteiger partial charge in [0.2, 0.25) is 0 Å². The summed E-state index contributed by atoms with van der Waals surface area (Å²) >= 11 is 6.16. The monoisotopic (exact) mass is 427 g/mol. The van der Waals surface area contributed by atoms with Crippen molar-refractivity contribution in [3.8, 4) is 0 Å². The maximum Gasteiger partial charge on any atom is 0.414 e. The minimum Gasteiger partial charge on any atom is -0.444 e. The number of amides is 2. The number of ether oxygens (including phenoxy) is 2. The Labute approximate surface area is 179 Å². The molecule has 0 unspecified atom stereocenters. The Morgan fingerprint density at radius 2 is 1.55 bits per heavy atom. The summed E-state index contributed by atoms with van der Waals surface area (Å²) in [5.41, 5.74) is 5.90. The van der Waals surface area contributed by atoms with E-state index in [1.54, 1.807) is 39.0 Å².